The molecule has 2 unspecified atom stereocenters. The summed E-state index contributed by atoms with van der Waals surface area (Å²) in [6.45, 7) is 7.29. The van der Waals surface area contributed by atoms with Crippen LogP contribution in [-0.4, -0.2) is 30.9 Å². The molecule has 1 aliphatic rings. The number of rotatable bonds is 6. The minimum atomic E-state index is 0.187. The van der Waals surface area contributed by atoms with Gasteiger partial charge in [-0.15, -0.1) is 0 Å². The van der Waals surface area contributed by atoms with Gasteiger partial charge >= 0.3 is 0 Å². The second-order valence-corrected chi connectivity index (χ2v) is 5.65. The van der Waals surface area contributed by atoms with Crippen LogP contribution in [0.3, 0.4) is 0 Å². The van der Waals surface area contributed by atoms with Crippen molar-refractivity contribution in [3.8, 4) is 5.75 Å². The largest absolute Gasteiger partial charge is 0.508 e. The summed E-state index contributed by atoms with van der Waals surface area (Å²) in [7, 11) is 0. The minimum absolute atomic E-state index is 0.187. The summed E-state index contributed by atoms with van der Waals surface area (Å²) < 4.78 is 5.81. The molecule has 2 rings (SSSR count). The Morgan fingerprint density at radius 1 is 1.37 bits per heavy atom. The molecular formula is C16H25NO2. The first-order chi connectivity index (χ1) is 9.16. The van der Waals surface area contributed by atoms with Gasteiger partial charge in [0.1, 0.15) is 5.75 Å². The van der Waals surface area contributed by atoms with E-state index >= 15 is 0 Å². The Balaban J connectivity index is 2.07. The van der Waals surface area contributed by atoms with Gasteiger partial charge < -0.3 is 15.2 Å². The molecule has 106 valence electrons. The molecule has 0 amide bonds. The molecule has 0 aliphatic carbocycles. The molecule has 0 bridgehead atoms. The predicted octanol–water partition coefficient (Wildman–Crippen LogP) is 2.73. The molecule has 0 saturated carbocycles. The van der Waals surface area contributed by atoms with Gasteiger partial charge in [-0.1, -0.05) is 19.1 Å². The fourth-order valence-corrected chi connectivity index (χ4v) is 2.88. The highest BCUT2D eigenvalue weighted by molar-refractivity contribution is 5.27. The maximum absolute atomic E-state index is 9.37. The topological polar surface area (TPSA) is 41.5 Å². The van der Waals surface area contributed by atoms with E-state index in [2.05, 4.69) is 19.2 Å². The van der Waals surface area contributed by atoms with Crippen molar-refractivity contribution in [2.24, 2.45) is 5.41 Å². The van der Waals surface area contributed by atoms with E-state index in [0.717, 1.165) is 39.0 Å². The van der Waals surface area contributed by atoms with Gasteiger partial charge in [0, 0.05) is 18.6 Å². The van der Waals surface area contributed by atoms with Gasteiger partial charge in [-0.3, -0.25) is 0 Å². The van der Waals surface area contributed by atoms with Gasteiger partial charge in [0.2, 0.25) is 0 Å². The van der Waals surface area contributed by atoms with Crippen LogP contribution in [0, 0.1) is 5.41 Å². The van der Waals surface area contributed by atoms with Crippen LogP contribution in [0.15, 0.2) is 24.3 Å². The van der Waals surface area contributed by atoms with Crippen LogP contribution in [0.1, 0.15) is 32.3 Å². The molecule has 1 saturated heterocycles. The lowest BCUT2D eigenvalue weighted by atomic mass is 9.76. The Bertz CT molecular complexity index is 390. The maximum Gasteiger partial charge on any atom is 0.115 e. The van der Waals surface area contributed by atoms with E-state index in [4.69, 9.17) is 4.74 Å². The molecule has 0 radical (unpaired) electrons. The molecule has 1 aromatic carbocycles. The Kier molecular flexibility index (Phi) is 4.83. The van der Waals surface area contributed by atoms with Crippen LogP contribution in [0.4, 0.5) is 0 Å². The van der Waals surface area contributed by atoms with Crippen LogP contribution in [0.5, 0.6) is 5.75 Å². The van der Waals surface area contributed by atoms with E-state index in [9.17, 15) is 5.11 Å². The molecule has 3 heteroatoms. The van der Waals surface area contributed by atoms with Crippen LogP contribution in [0.2, 0.25) is 0 Å². The Morgan fingerprint density at radius 3 is 2.68 bits per heavy atom. The average molecular weight is 263 g/mol. The Morgan fingerprint density at radius 2 is 2.11 bits per heavy atom. The number of hydrogen-bond acceptors (Lipinski definition) is 3. The van der Waals surface area contributed by atoms with Gasteiger partial charge in [-0.05, 0) is 50.4 Å². The lowest BCUT2D eigenvalue weighted by Gasteiger charge is -2.33. The summed E-state index contributed by atoms with van der Waals surface area (Å²) in [5.74, 6) is 0.331. The van der Waals surface area contributed by atoms with Gasteiger partial charge in [-0.25, -0.2) is 0 Å². The van der Waals surface area contributed by atoms with Gasteiger partial charge in [0.25, 0.3) is 0 Å². The number of ether oxygens (including phenoxy) is 1. The highest BCUT2D eigenvalue weighted by Crippen LogP contribution is 2.38. The van der Waals surface area contributed by atoms with Crippen molar-refractivity contribution in [3.63, 3.8) is 0 Å². The zero-order chi connectivity index (χ0) is 13.7. The first-order valence-electron chi connectivity index (χ1n) is 7.26. The number of phenols is 1. The Labute approximate surface area is 116 Å². The number of benzene rings is 1. The first-order valence-corrected chi connectivity index (χ1v) is 7.26. The second-order valence-electron chi connectivity index (χ2n) is 5.65. The van der Waals surface area contributed by atoms with Gasteiger partial charge in [-0.2, -0.15) is 0 Å². The van der Waals surface area contributed by atoms with E-state index in [-0.39, 0.29) is 11.5 Å². The molecule has 0 spiro atoms. The molecule has 0 aromatic heterocycles. The molecule has 1 fully saturated rings. The lowest BCUT2D eigenvalue weighted by molar-refractivity contribution is 0.0631. The highest BCUT2D eigenvalue weighted by atomic mass is 16.5. The predicted molar refractivity (Wildman–Crippen MR) is 77.4 cm³/mol. The summed E-state index contributed by atoms with van der Waals surface area (Å²) in [6, 6.07) is 7.57. The number of hydrogen-bond donors (Lipinski definition) is 2. The quantitative estimate of drug-likeness (QED) is 0.775. The monoisotopic (exact) mass is 263 g/mol. The SMILES string of the molecule is CCCNCC1(Cc2ccc(O)cc2)CCOC1C. The van der Waals surface area contributed by atoms with Crippen molar-refractivity contribution < 1.29 is 9.84 Å². The minimum Gasteiger partial charge on any atom is -0.508 e. The third-order valence-electron chi connectivity index (χ3n) is 4.23. The molecule has 1 aromatic rings. The summed E-state index contributed by atoms with van der Waals surface area (Å²) >= 11 is 0. The molecule has 2 N–H and O–H groups in total. The normalized spacial score (nSPS) is 26.7. The molecular weight excluding hydrogens is 238 g/mol. The summed E-state index contributed by atoms with van der Waals surface area (Å²) in [5.41, 5.74) is 1.46. The summed E-state index contributed by atoms with van der Waals surface area (Å²) in [6.07, 6.45) is 3.55. The van der Waals surface area contributed by atoms with Crippen molar-refractivity contribution in [1.29, 1.82) is 0 Å². The van der Waals surface area contributed by atoms with Crippen molar-refractivity contribution in [1.82, 2.24) is 5.32 Å². The van der Waals surface area contributed by atoms with E-state index in [1.807, 2.05) is 12.1 Å². The van der Waals surface area contributed by atoms with Crippen LogP contribution in [-0.2, 0) is 11.2 Å². The third kappa shape index (κ3) is 3.48. The van der Waals surface area contributed by atoms with E-state index < -0.39 is 0 Å². The standard InChI is InChI=1S/C16H25NO2/c1-3-9-17-12-16(8-10-19-13(16)2)11-14-4-6-15(18)7-5-14/h4-7,13,17-18H,3,8-12H2,1-2H3. The van der Waals surface area contributed by atoms with Crippen LogP contribution >= 0.6 is 0 Å². The number of nitrogens with one attached hydrogen (secondary N) is 1. The molecule has 1 heterocycles. The highest BCUT2D eigenvalue weighted by Gasteiger charge is 2.41. The molecule has 2 atom stereocenters. The van der Waals surface area contributed by atoms with Crippen molar-refractivity contribution >= 4 is 0 Å². The second kappa shape index (κ2) is 6.40. The van der Waals surface area contributed by atoms with E-state index in [1.165, 1.54) is 5.56 Å². The lowest BCUT2D eigenvalue weighted by Crippen LogP contribution is -2.41. The van der Waals surface area contributed by atoms with Crippen LogP contribution < -0.4 is 5.32 Å². The van der Waals surface area contributed by atoms with Crippen molar-refractivity contribution in [2.45, 2.75) is 39.2 Å². The third-order valence-corrected chi connectivity index (χ3v) is 4.23. The van der Waals surface area contributed by atoms with E-state index in [1.54, 1.807) is 12.1 Å². The number of phenolic OH excluding ortho intramolecular Hbond substituents is 1. The fraction of sp³-hybridized carbons (Fsp3) is 0.625. The smallest absolute Gasteiger partial charge is 0.115 e. The fourth-order valence-electron chi connectivity index (χ4n) is 2.88. The first kappa shape index (κ1) is 14.4. The number of aromatic hydroxyl groups is 1. The molecule has 3 nitrogen and oxygen atoms in total. The van der Waals surface area contributed by atoms with Crippen molar-refractivity contribution in [2.75, 3.05) is 19.7 Å². The molecule has 19 heavy (non-hydrogen) atoms. The molecule has 1 aliphatic heterocycles. The summed E-state index contributed by atoms with van der Waals surface area (Å²) in [4.78, 5) is 0. The maximum atomic E-state index is 9.37. The average Bonchev–Trinajstić information content (AvgIpc) is 2.75. The zero-order valence-corrected chi connectivity index (χ0v) is 12.0. The van der Waals surface area contributed by atoms with Gasteiger partial charge in [0.05, 0.1) is 6.10 Å². The Hall–Kier alpha value is -1.06. The van der Waals surface area contributed by atoms with E-state index in [0.29, 0.717) is 5.75 Å². The van der Waals surface area contributed by atoms with Gasteiger partial charge in [0.15, 0.2) is 0 Å². The zero-order valence-electron chi connectivity index (χ0n) is 12.0. The summed E-state index contributed by atoms with van der Waals surface area (Å²) in [5, 5.41) is 12.9. The van der Waals surface area contributed by atoms with Crippen molar-refractivity contribution in [3.05, 3.63) is 29.8 Å². The van der Waals surface area contributed by atoms with Crippen LogP contribution in [0.25, 0.3) is 0 Å².